The number of hydrogen-bond acceptors (Lipinski definition) is 8. The molecule has 0 N–H and O–H groups in total. The van der Waals surface area contributed by atoms with Gasteiger partial charge in [-0.25, -0.2) is 0 Å². The zero-order valence-corrected chi connectivity index (χ0v) is 23.7. The van der Waals surface area contributed by atoms with Gasteiger partial charge in [-0.2, -0.15) is 0 Å². The molecule has 0 saturated heterocycles. The molecule has 3 aliphatic carbocycles. The Morgan fingerprint density at radius 2 is 1.77 bits per heavy atom. The molecule has 8 heteroatoms. The summed E-state index contributed by atoms with van der Waals surface area (Å²) in [4.78, 5) is 50.9. The Balaban J connectivity index is 1.95. The molecule has 1 aromatic heterocycles. The highest BCUT2D eigenvalue weighted by Crippen LogP contribution is 2.65. The lowest BCUT2D eigenvalue weighted by Crippen LogP contribution is -2.61. The van der Waals surface area contributed by atoms with Crippen molar-refractivity contribution in [3.05, 3.63) is 60.1 Å². The minimum Gasteiger partial charge on any atom is -0.472 e. The number of allylic oxidation sites excluding steroid dienone is 3. The molecule has 1 saturated carbocycles. The molecule has 1 heterocycles. The second-order valence-electron chi connectivity index (χ2n) is 12.0. The van der Waals surface area contributed by atoms with Crippen LogP contribution in [0.1, 0.15) is 65.9 Å². The van der Waals surface area contributed by atoms with Crippen LogP contribution >= 0.6 is 0 Å². The fraction of sp³-hybridized carbons (Fsp3) is 0.548. The van der Waals surface area contributed by atoms with Crippen molar-refractivity contribution < 1.29 is 37.8 Å². The van der Waals surface area contributed by atoms with Crippen molar-refractivity contribution in [2.45, 2.75) is 72.5 Å². The van der Waals surface area contributed by atoms with Gasteiger partial charge in [-0.1, -0.05) is 46.4 Å². The number of rotatable bonds is 6. The van der Waals surface area contributed by atoms with Gasteiger partial charge in [0.15, 0.2) is 5.78 Å². The van der Waals surface area contributed by atoms with Crippen molar-refractivity contribution in [1.29, 1.82) is 0 Å². The van der Waals surface area contributed by atoms with Gasteiger partial charge >= 0.3 is 17.9 Å². The van der Waals surface area contributed by atoms with Gasteiger partial charge in [0.2, 0.25) is 0 Å². The molecule has 8 nitrogen and oxygen atoms in total. The van der Waals surface area contributed by atoms with Crippen LogP contribution in [0, 0.1) is 28.1 Å². The number of fused-ring (bicyclic) bond motifs is 1. The van der Waals surface area contributed by atoms with Crippen molar-refractivity contribution in [2.24, 2.45) is 28.1 Å². The summed E-state index contributed by atoms with van der Waals surface area (Å²) in [5, 5.41) is 0. The molecule has 0 bridgehead atoms. The summed E-state index contributed by atoms with van der Waals surface area (Å²) >= 11 is 0. The normalized spacial score (nSPS) is 35.2. The lowest BCUT2D eigenvalue weighted by Gasteiger charge is -2.58. The molecule has 210 valence electrons. The highest BCUT2D eigenvalue weighted by atomic mass is 16.6. The first kappa shape index (κ1) is 28.6. The van der Waals surface area contributed by atoms with Gasteiger partial charge in [0, 0.05) is 41.9 Å². The predicted octanol–water partition coefficient (Wildman–Crippen LogP) is 5.10. The van der Waals surface area contributed by atoms with Crippen LogP contribution in [-0.4, -0.2) is 43.0 Å². The highest BCUT2D eigenvalue weighted by Gasteiger charge is 2.65. The molecule has 1 aromatic rings. The molecule has 1 fully saturated rings. The standard InChI is InChI=1S/C31H38O8/c1-17-21-9-10-22(20-12-14-37-16-20)31(21,7)28(39-19(3)33)27(38-18(2)32)26(17)30(6)13-11-24(34)29(4,5)23(30)15-25(35)36-8/h9,11-14,16,22-23,26-28H,1,10,15H2,2-8H3/t22-,23-,26+,27+,28-,30-,31+/m0/s1. The van der Waals surface area contributed by atoms with Gasteiger partial charge in [0.25, 0.3) is 0 Å². The third kappa shape index (κ3) is 4.47. The Morgan fingerprint density at radius 3 is 2.33 bits per heavy atom. The Morgan fingerprint density at radius 1 is 1.10 bits per heavy atom. The van der Waals surface area contributed by atoms with E-state index in [2.05, 4.69) is 12.7 Å². The van der Waals surface area contributed by atoms with Crippen LogP contribution in [-0.2, 0) is 33.4 Å². The van der Waals surface area contributed by atoms with Crippen molar-refractivity contribution in [3.8, 4) is 0 Å². The number of furan rings is 1. The molecule has 7 atom stereocenters. The zero-order valence-electron chi connectivity index (χ0n) is 23.7. The molecule has 4 rings (SSSR count). The maximum absolute atomic E-state index is 13.1. The SMILES string of the molecule is C=C1C2=CC[C@@H](c3ccoc3)[C@]2(C)[C@@H](OC(C)=O)[C@H](OC(C)=O)[C@@H]1[C@@]1(C)C=CC(=O)C(C)(C)[C@@H]1CC(=O)OC. The summed E-state index contributed by atoms with van der Waals surface area (Å²) in [5.74, 6) is -2.85. The van der Waals surface area contributed by atoms with Crippen molar-refractivity contribution in [2.75, 3.05) is 7.11 Å². The number of hydrogen-bond donors (Lipinski definition) is 0. The van der Waals surface area contributed by atoms with E-state index in [1.165, 1.54) is 27.0 Å². The molecule has 3 aliphatic rings. The first-order chi connectivity index (χ1) is 18.2. The van der Waals surface area contributed by atoms with E-state index >= 15 is 0 Å². The maximum atomic E-state index is 13.1. The molecule has 0 unspecified atom stereocenters. The van der Waals surface area contributed by atoms with Gasteiger partial charge in [-0.3, -0.25) is 19.2 Å². The summed E-state index contributed by atoms with van der Waals surface area (Å²) in [6.07, 6.45) is 7.54. The Bertz CT molecular complexity index is 1250. The van der Waals surface area contributed by atoms with E-state index in [9.17, 15) is 19.2 Å². The van der Waals surface area contributed by atoms with Crippen molar-refractivity contribution in [3.63, 3.8) is 0 Å². The van der Waals surface area contributed by atoms with Gasteiger partial charge in [0.05, 0.1) is 26.1 Å². The third-order valence-electron chi connectivity index (χ3n) is 9.46. The topological polar surface area (TPSA) is 109 Å². The predicted molar refractivity (Wildman–Crippen MR) is 142 cm³/mol. The first-order valence-electron chi connectivity index (χ1n) is 13.3. The molecule has 39 heavy (non-hydrogen) atoms. The molecular weight excluding hydrogens is 500 g/mol. The summed E-state index contributed by atoms with van der Waals surface area (Å²) in [6, 6.07) is 1.89. The molecule has 0 aliphatic heterocycles. The smallest absolute Gasteiger partial charge is 0.305 e. The fourth-order valence-corrected chi connectivity index (χ4v) is 7.55. The maximum Gasteiger partial charge on any atom is 0.305 e. The number of carbonyl (C=O) groups is 4. The van der Waals surface area contributed by atoms with Crippen LogP contribution in [0.25, 0.3) is 0 Å². The van der Waals surface area contributed by atoms with Gasteiger partial charge in [-0.15, -0.1) is 0 Å². The van der Waals surface area contributed by atoms with E-state index in [0.717, 1.165) is 16.7 Å². The van der Waals surface area contributed by atoms with Crippen LogP contribution in [0.3, 0.4) is 0 Å². The molecule has 0 amide bonds. The second kappa shape index (κ2) is 9.96. The fourth-order valence-electron chi connectivity index (χ4n) is 7.55. The van der Waals surface area contributed by atoms with Gasteiger partial charge in [-0.05, 0) is 41.2 Å². The van der Waals surface area contributed by atoms with Crippen LogP contribution in [0.5, 0.6) is 0 Å². The average Bonchev–Trinajstić information content (AvgIpc) is 3.50. The highest BCUT2D eigenvalue weighted by molar-refractivity contribution is 5.96. The van der Waals surface area contributed by atoms with Crippen LogP contribution in [0.15, 0.2) is 59.0 Å². The lowest BCUT2D eigenvalue weighted by molar-refractivity contribution is -0.190. The molecular formula is C31H38O8. The van der Waals surface area contributed by atoms with E-state index in [0.29, 0.717) is 6.42 Å². The average molecular weight is 539 g/mol. The summed E-state index contributed by atoms with van der Waals surface area (Å²) in [7, 11) is 1.32. The van der Waals surface area contributed by atoms with Crippen molar-refractivity contribution in [1.82, 2.24) is 0 Å². The molecule has 0 aromatic carbocycles. The minimum absolute atomic E-state index is 0.0289. The van der Waals surface area contributed by atoms with E-state index in [4.69, 9.17) is 18.6 Å². The summed E-state index contributed by atoms with van der Waals surface area (Å²) in [6.45, 7) is 14.8. The number of ether oxygens (including phenoxy) is 3. The van der Waals surface area contributed by atoms with Crippen LogP contribution < -0.4 is 0 Å². The first-order valence-corrected chi connectivity index (χ1v) is 13.3. The van der Waals surface area contributed by atoms with E-state index in [1.807, 2.05) is 33.8 Å². The van der Waals surface area contributed by atoms with E-state index in [1.54, 1.807) is 18.6 Å². The largest absolute Gasteiger partial charge is 0.472 e. The van der Waals surface area contributed by atoms with Crippen molar-refractivity contribution >= 4 is 23.7 Å². The van der Waals surface area contributed by atoms with Gasteiger partial charge in [0.1, 0.15) is 12.2 Å². The number of esters is 3. The van der Waals surface area contributed by atoms with Crippen LogP contribution in [0.4, 0.5) is 0 Å². The van der Waals surface area contributed by atoms with E-state index < -0.39 is 58.2 Å². The zero-order chi connectivity index (χ0) is 28.9. The monoisotopic (exact) mass is 538 g/mol. The number of ketones is 1. The molecule has 0 spiro atoms. The third-order valence-corrected chi connectivity index (χ3v) is 9.46. The Labute approximate surface area is 229 Å². The number of methoxy groups -OCH3 is 1. The summed E-state index contributed by atoms with van der Waals surface area (Å²) < 4.78 is 22.5. The summed E-state index contributed by atoms with van der Waals surface area (Å²) in [5.41, 5.74) is -0.0226. The molecule has 0 radical (unpaired) electrons. The minimum atomic E-state index is -0.938. The van der Waals surface area contributed by atoms with Gasteiger partial charge < -0.3 is 18.6 Å². The van der Waals surface area contributed by atoms with Crippen LogP contribution in [0.2, 0.25) is 0 Å². The number of carbonyl (C=O) groups excluding carboxylic acids is 4. The van der Waals surface area contributed by atoms with E-state index in [-0.39, 0.29) is 18.1 Å². The second-order valence-corrected chi connectivity index (χ2v) is 12.0. The Hall–Kier alpha value is -3.42. The lowest BCUT2D eigenvalue weighted by atomic mass is 9.47. The quantitative estimate of drug-likeness (QED) is 0.364. The Kier molecular flexibility index (Phi) is 7.30.